The lowest BCUT2D eigenvalue weighted by Gasteiger charge is -2.12. The predicted octanol–water partition coefficient (Wildman–Crippen LogP) is 5.73. The molecular weight excluding hydrogens is 438 g/mol. The summed E-state index contributed by atoms with van der Waals surface area (Å²) >= 11 is 1.58. The van der Waals surface area contributed by atoms with Crippen molar-refractivity contribution in [1.82, 2.24) is 8.96 Å². The second kappa shape index (κ2) is 7.93. The van der Waals surface area contributed by atoms with Crippen LogP contribution in [0.25, 0.3) is 32.6 Å². The summed E-state index contributed by atoms with van der Waals surface area (Å²) in [5, 5.41) is 2.79. The normalized spacial score (nSPS) is 11.7. The standard InChI is InChI=1S/C25H21N3O2S2/c1-27(2)20-12-10-18(11-13-20)19-15-22-23(24-9-6-14-31-24)17-28(25(22)26-16-19)32(29,30)21-7-4-3-5-8-21/h3-17H,1-2H3. The first kappa shape index (κ1) is 20.5. The van der Waals surface area contributed by atoms with Crippen LogP contribution in [0.5, 0.6) is 0 Å². The molecule has 2 aromatic carbocycles. The number of fused-ring (bicyclic) bond motifs is 1. The summed E-state index contributed by atoms with van der Waals surface area (Å²) in [4.78, 5) is 7.90. The van der Waals surface area contributed by atoms with Gasteiger partial charge >= 0.3 is 0 Å². The van der Waals surface area contributed by atoms with Gasteiger partial charge in [-0.15, -0.1) is 11.3 Å². The van der Waals surface area contributed by atoms with Gasteiger partial charge in [-0.05, 0) is 47.3 Å². The van der Waals surface area contributed by atoms with Crippen LogP contribution >= 0.6 is 11.3 Å². The van der Waals surface area contributed by atoms with Crippen LogP contribution in [0, 0.1) is 0 Å². The van der Waals surface area contributed by atoms with E-state index < -0.39 is 10.0 Å². The molecule has 0 fully saturated rings. The van der Waals surface area contributed by atoms with Crippen LogP contribution in [0.4, 0.5) is 5.69 Å². The van der Waals surface area contributed by atoms with E-state index in [4.69, 9.17) is 0 Å². The van der Waals surface area contributed by atoms with Gasteiger partial charge in [-0.2, -0.15) is 0 Å². The van der Waals surface area contributed by atoms with Crippen molar-refractivity contribution < 1.29 is 8.42 Å². The second-order valence-corrected chi connectivity index (χ2v) is 10.4. The Morgan fingerprint density at radius 1 is 0.906 bits per heavy atom. The number of thiophene rings is 1. The maximum absolute atomic E-state index is 13.4. The Hall–Kier alpha value is -3.42. The van der Waals surface area contributed by atoms with Crippen LogP contribution in [0.2, 0.25) is 0 Å². The van der Waals surface area contributed by atoms with Crippen molar-refractivity contribution in [2.24, 2.45) is 0 Å². The Labute approximate surface area is 191 Å². The van der Waals surface area contributed by atoms with Crippen molar-refractivity contribution in [2.45, 2.75) is 4.90 Å². The van der Waals surface area contributed by atoms with E-state index in [0.29, 0.717) is 5.65 Å². The van der Waals surface area contributed by atoms with Crippen molar-refractivity contribution in [3.05, 3.63) is 90.6 Å². The Bertz CT molecular complexity index is 1490. The summed E-state index contributed by atoms with van der Waals surface area (Å²) in [5.41, 5.74) is 4.36. The van der Waals surface area contributed by atoms with E-state index in [9.17, 15) is 8.42 Å². The molecule has 0 radical (unpaired) electrons. The Morgan fingerprint density at radius 2 is 1.66 bits per heavy atom. The third kappa shape index (κ3) is 3.49. The first-order chi connectivity index (χ1) is 15.4. The zero-order valence-electron chi connectivity index (χ0n) is 17.6. The van der Waals surface area contributed by atoms with E-state index in [1.165, 1.54) is 3.97 Å². The van der Waals surface area contributed by atoms with Crippen LogP contribution in [0.1, 0.15) is 0 Å². The van der Waals surface area contributed by atoms with Gasteiger partial charge in [-0.25, -0.2) is 17.4 Å². The molecule has 5 rings (SSSR count). The fraction of sp³-hybridized carbons (Fsp3) is 0.0800. The summed E-state index contributed by atoms with van der Waals surface area (Å²) in [6.45, 7) is 0. The molecule has 0 aliphatic rings. The highest BCUT2D eigenvalue weighted by Crippen LogP contribution is 2.36. The third-order valence-electron chi connectivity index (χ3n) is 5.42. The maximum atomic E-state index is 13.4. The monoisotopic (exact) mass is 459 g/mol. The minimum atomic E-state index is -3.78. The van der Waals surface area contributed by atoms with Crippen molar-refractivity contribution in [2.75, 3.05) is 19.0 Å². The number of anilines is 1. The van der Waals surface area contributed by atoms with Crippen molar-refractivity contribution in [1.29, 1.82) is 0 Å². The quantitative estimate of drug-likeness (QED) is 0.337. The van der Waals surface area contributed by atoms with E-state index in [1.807, 2.05) is 37.7 Å². The highest BCUT2D eigenvalue weighted by Gasteiger charge is 2.23. The molecule has 0 spiro atoms. The first-order valence-electron chi connectivity index (χ1n) is 10.1. The molecule has 3 heterocycles. The highest BCUT2D eigenvalue weighted by molar-refractivity contribution is 7.90. The van der Waals surface area contributed by atoms with Gasteiger partial charge < -0.3 is 4.90 Å². The minimum Gasteiger partial charge on any atom is -0.378 e. The lowest BCUT2D eigenvalue weighted by atomic mass is 10.0. The van der Waals surface area contributed by atoms with Gasteiger partial charge in [0.2, 0.25) is 0 Å². The van der Waals surface area contributed by atoms with Gasteiger partial charge in [-0.1, -0.05) is 36.4 Å². The second-order valence-electron chi connectivity index (χ2n) is 7.67. The van der Waals surface area contributed by atoms with Crippen LogP contribution < -0.4 is 4.90 Å². The van der Waals surface area contributed by atoms with Crippen molar-refractivity contribution in [3.8, 4) is 21.6 Å². The average Bonchev–Trinajstić information content (AvgIpc) is 3.47. The third-order valence-corrected chi connectivity index (χ3v) is 7.98. The van der Waals surface area contributed by atoms with E-state index in [-0.39, 0.29) is 4.90 Å². The van der Waals surface area contributed by atoms with Gasteiger partial charge in [0, 0.05) is 53.6 Å². The molecule has 32 heavy (non-hydrogen) atoms. The molecular formula is C25H21N3O2S2. The smallest absolute Gasteiger partial charge is 0.269 e. The van der Waals surface area contributed by atoms with Crippen molar-refractivity contribution in [3.63, 3.8) is 0 Å². The molecule has 0 saturated carbocycles. The summed E-state index contributed by atoms with van der Waals surface area (Å²) in [5.74, 6) is 0. The number of nitrogens with zero attached hydrogens (tertiary/aromatic N) is 3. The van der Waals surface area contributed by atoms with E-state index >= 15 is 0 Å². The lowest BCUT2D eigenvalue weighted by molar-refractivity contribution is 0.589. The van der Waals surface area contributed by atoms with Crippen LogP contribution in [0.15, 0.2) is 95.5 Å². The molecule has 0 unspecified atom stereocenters. The number of hydrogen-bond donors (Lipinski definition) is 0. The fourth-order valence-corrected chi connectivity index (χ4v) is 5.80. The molecule has 0 bridgehead atoms. The number of pyridine rings is 1. The molecule has 5 nitrogen and oxygen atoms in total. The van der Waals surface area contributed by atoms with E-state index in [2.05, 4.69) is 34.1 Å². The Balaban J connectivity index is 1.71. The van der Waals surface area contributed by atoms with E-state index in [0.717, 1.165) is 32.6 Å². The Morgan fingerprint density at radius 3 is 2.31 bits per heavy atom. The van der Waals surface area contributed by atoms with Crippen LogP contribution in [-0.2, 0) is 10.0 Å². The zero-order valence-corrected chi connectivity index (χ0v) is 19.3. The topological polar surface area (TPSA) is 55.2 Å². The molecule has 7 heteroatoms. The molecule has 0 N–H and O–H groups in total. The average molecular weight is 460 g/mol. The fourth-order valence-electron chi connectivity index (χ4n) is 3.71. The van der Waals surface area contributed by atoms with Gasteiger partial charge in [0.15, 0.2) is 5.65 Å². The summed E-state index contributed by atoms with van der Waals surface area (Å²) in [6.07, 6.45) is 3.42. The largest absolute Gasteiger partial charge is 0.378 e. The Kier molecular flexibility index (Phi) is 5.07. The molecule has 160 valence electrons. The SMILES string of the molecule is CN(C)c1ccc(-c2cnc3c(c2)c(-c2cccs2)cn3S(=O)(=O)c2ccccc2)cc1. The first-order valence-corrected chi connectivity index (χ1v) is 12.4. The molecule has 0 aliphatic carbocycles. The van der Waals surface area contributed by atoms with Crippen LogP contribution in [-0.4, -0.2) is 31.5 Å². The van der Waals surface area contributed by atoms with Crippen LogP contribution in [0.3, 0.4) is 0 Å². The van der Waals surface area contributed by atoms with E-state index in [1.54, 1.807) is 54.1 Å². The minimum absolute atomic E-state index is 0.236. The number of hydrogen-bond acceptors (Lipinski definition) is 5. The molecule has 0 amide bonds. The number of rotatable bonds is 5. The molecule has 0 saturated heterocycles. The highest BCUT2D eigenvalue weighted by atomic mass is 32.2. The lowest BCUT2D eigenvalue weighted by Crippen LogP contribution is -2.12. The molecule has 3 aromatic heterocycles. The number of benzene rings is 2. The molecule has 0 atom stereocenters. The van der Waals surface area contributed by atoms with Gasteiger partial charge in [0.05, 0.1) is 4.90 Å². The van der Waals surface area contributed by atoms with Crippen molar-refractivity contribution >= 4 is 38.1 Å². The predicted molar refractivity (Wildman–Crippen MR) is 132 cm³/mol. The summed E-state index contributed by atoms with van der Waals surface area (Å²) in [6, 6.07) is 22.7. The number of aromatic nitrogens is 2. The zero-order chi connectivity index (χ0) is 22.3. The molecule has 0 aliphatic heterocycles. The maximum Gasteiger partial charge on any atom is 0.269 e. The van der Waals surface area contributed by atoms with Gasteiger partial charge in [0.25, 0.3) is 10.0 Å². The van der Waals surface area contributed by atoms with Gasteiger partial charge in [0.1, 0.15) is 0 Å². The summed E-state index contributed by atoms with van der Waals surface area (Å²) < 4.78 is 28.1. The summed E-state index contributed by atoms with van der Waals surface area (Å²) in [7, 11) is 0.236. The van der Waals surface area contributed by atoms with Gasteiger partial charge in [-0.3, -0.25) is 0 Å². The molecule has 5 aromatic rings.